The van der Waals surface area contributed by atoms with Crippen molar-refractivity contribution in [3.05, 3.63) is 33.8 Å². The number of aromatic nitrogens is 1. The number of allylic oxidation sites excluding steroid dienone is 1. The molecule has 0 amide bonds. The summed E-state index contributed by atoms with van der Waals surface area (Å²) in [5.74, 6) is 0.388. The lowest BCUT2D eigenvalue weighted by Gasteiger charge is -2.44. The second-order valence-electron chi connectivity index (χ2n) is 14.1. The third-order valence-corrected chi connectivity index (χ3v) is 14.8. The molecular formula is C33H55NO4SSi. The Labute approximate surface area is 249 Å². The zero-order valence-corrected chi connectivity index (χ0v) is 29.0. The molecule has 7 heteroatoms. The molecule has 0 saturated carbocycles. The van der Waals surface area contributed by atoms with Crippen molar-refractivity contribution >= 4 is 37.5 Å². The summed E-state index contributed by atoms with van der Waals surface area (Å²) in [4.78, 5) is 32.3. The Morgan fingerprint density at radius 3 is 2.40 bits per heavy atom. The molecule has 226 valence electrons. The van der Waals surface area contributed by atoms with Crippen LogP contribution in [0.15, 0.2) is 23.1 Å². The summed E-state index contributed by atoms with van der Waals surface area (Å²) in [7, 11) is -2.29. The molecule has 0 fully saturated rings. The van der Waals surface area contributed by atoms with Gasteiger partial charge in [-0.25, -0.2) is 4.98 Å². The van der Waals surface area contributed by atoms with E-state index >= 15 is 0 Å². The summed E-state index contributed by atoms with van der Waals surface area (Å²) in [6.07, 6.45) is 9.16. The Hall–Kier alpha value is -1.57. The maximum atomic E-state index is 14.1. The number of aryl methyl sites for hydroxylation is 1. The molecule has 1 aromatic heterocycles. The Balaban J connectivity index is 2.49. The maximum absolute atomic E-state index is 14.1. The molecule has 0 N–H and O–H groups in total. The molecule has 0 saturated heterocycles. The van der Waals surface area contributed by atoms with Crippen LogP contribution in [0.3, 0.4) is 0 Å². The van der Waals surface area contributed by atoms with Gasteiger partial charge in [0.25, 0.3) is 0 Å². The van der Waals surface area contributed by atoms with E-state index in [2.05, 4.69) is 71.8 Å². The average molecular weight is 590 g/mol. The molecule has 1 aliphatic rings. The highest BCUT2D eigenvalue weighted by Gasteiger charge is 2.48. The van der Waals surface area contributed by atoms with Crippen LogP contribution in [0.2, 0.25) is 18.1 Å². The molecule has 1 aromatic rings. The van der Waals surface area contributed by atoms with Gasteiger partial charge in [-0.15, -0.1) is 11.3 Å². The van der Waals surface area contributed by atoms with Crippen molar-refractivity contribution in [3.63, 3.8) is 0 Å². The molecule has 0 aliphatic carbocycles. The van der Waals surface area contributed by atoms with Gasteiger partial charge < -0.3 is 9.16 Å². The summed E-state index contributed by atoms with van der Waals surface area (Å²) in [5, 5.41) is 2.97. The van der Waals surface area contributed by atoms with Gasteiger partial charge in [0.1, 0.15) is 11.9 Å². The van der Waals surface area contributed by atoms with Crippen LogP contribution in [-0.2, 0) is 18.8 Å². The number of carbonyl (C=O) groups is 2. The zero-order valence-electron chi connectivity index (χ0n) is 27.2. The van der Waals surface area contributed by atoms with E-state index in [4.69, 9.17) is 9.16 Å². The number of cyclic esters (lactones) is 1. The molecule has 2 heterocycles. The van der Waals surface area contributed by atoms with Crippen LogP contribution in [0, 0.1) is 30.1 Å². The number of hydrogen-bond donors (Lipinski definition) is 0. The van der Waals surface area contributed by atoms with Crippen molar-refractivity contribution in [2.24, 2.45) is 23.2 Å². The summed E-state index contributed by atoms with van der Waals surface area (Å²) in [6, 6.07) is 0. The first-order valence-electron chi connectivity index (χ1n) is 15.0. The molecule has 5 atom stereocenters. The Kier molecular flexibility index (Phi) is 12.2. The average Bonchev–Trinajstić information content (AvgIpc) is 3.25. The highest BCUT2D eigenvalue weighted by molar-refractivity contribution is 7.09. The number of thiazole rings is 1. The van der Waals surface area contributed by atoms with E-state index in [1.807, 2.05) is 39.2 Å². The van der Waals surface area contributed by atoms with Crippen molar-refractivity contribution in [1.29, 1.82) is 0 Å². The Morgan fingerprint density at radius 2 is 1.82 bits per heavy atom. The van der Waals surface area contributed by atoms with Gasteiger partial charge in [-0.05, 0) is 68.3 Å². The predicted molar refractivity (Wildman–Crippen MR) is 171 cm³/mol. The third kappa shape index (κ3) is 9.22. The summed E-state index contributed by atoms with van der Waals surface area (Å²) >= 11 is 1.61. The van der Waals surface area contributed by atoms with Gasteiger partial charge in [0.2, 0.25) is 0 Å². The smallest absolute Gasteiger partial charge is 0.309 e. The number of carbonyl (C=O) groups excluding carboxylic acids is 2. The standard InChI is InChI=1S/C33H55NO4SSi/c1-22-17-15-13-14-16-18-28(23(2)19-27-21-39-26(5)34-27)37-30(35)20-29(38-40(11,12)32(6,7)8)33(9,10)31(36)25(4)24(22)3/h14,16,19,21-22,24-25,28-29H,13,15,17-18,20H2,1-12H3/b16-14-,23-19+/t22-,24-,25+,28-,29-/m0/s1. The summed E-state index contributed by atoms with van der Waals surface area (Å²) in [6.45, 7) is 25.4. The Bertz CT molecular complexity index is 1060. The van der Waals surface area contributed by atoms with Gasteiger partial charge in [0, 0.05) is 23.1 Å². The van der Waals surface area contributed by atoms with Crippen LogP contribution in [0.25, 0.3) is 6.08 Å². The van der Waals surface area contributed by atoms with Crippen molar-refractivity contribution in [1.82, 2.24) is 4.98 Å². The van der Waals surface area contributed by atoms with Crippen LogP contribution in [0.4, 0.5) is 0 Å². The van der Waals surface area contributed by atoms with E-state index in [1.165, 1.54) is 0 Å². The lowest BCUT2D eigenvalue weighted by Crippen LogP contribution is -2.52. The number of ether oxygens (including phenoxy) is 1. The second kappa shape index (κ2) is 14.1. The van der Waals surface area contributed by atoms with E-state index in [9.17, 15) is 9.59 Å². The fraction of sp³-hybridized carbons (Fsp3) is 0.727. The molecule has 2 rings (SSSR count). The van der Waals surface area contributed by atoms with Crippen molar-refractivity contribution in [2.75, 3.05) is 0 Å². The van der Waals surface area contributed by atoms with Crippen molar-refractivity contribution < 1.29 is 18.8 Å². The first kappa shape index (κ1) is 34.6. The van der Waals surface area contributed by atoms with Gasteiger partial charge in [0.15, 0.2) is 8.32 Å². The first-order valence-corrected chi connectivity index (χ1v) is 18.8. The van der Waals surface area contributed by atoms with E-state index in [0.717, 1.165) is 35.5 Å². The molecular weight excluding hydrogens is 535 g/mol. The van der Waals surface area contributed by atoms with E-state index in [0.29, 0.717) is 12.3 Å². The normalized spacial score (nSPS) is 29.2. The van der Waals surface area contributed by atoms with E-state index in [1.54, 1.807) is 11.3 Å². The van der Waals surface area contributed by atoms with Gasteiger partial charge >= 0.3 is 5.97 Å². The lowest BCUT2D eigenvalue weighted by molar-refractivity contribution is -0.153. The van der Waals surface area contributed by atoms with E-state index in [-0.39, 0.29) is 35.0 Å². The minimum Gasteiger partial charge on any atom is -0.457 e. The number of Topliss-reactive ketones (excluding diaryl/α,β-unsaturated/α-hetero) is 1. The van der Waals surface area contributed by atoms with Crippen LogP contribution in [-0.4, -0.2) is 37.3 Å². The fourth-order valence-corrected chi connectivity index (χ4v) is 7.08. The molecule has 5 nitrogen and oxygen atoms in total. The number of rotatable bonds is 4. The van der Waals surface area contributed by atoms with E-state index < -0.39 is 25.9 Å². The molecule has 0 aromatic carbocycles. The van der Waals surface area contributed by atoms with Crippen LogP contribution in [0.1, 0.15) is 105 Å². The van der Waals surface area contributed by atoms with Gasteiger partial charge in [0.05, 0.1) is 23.2 Å². The third-order valence-electron chi connectivity index (χ3n) is 9.48. The molecule has 0 unspecified atom stereocenters. The zero-order chi connectivity index (χ0) is 30.5. The largest absolute Gasteiger partial charge is 0.457 e. The second-order valence-corrected chi connectivity index (χ2v) is 19.9. The number of ketones is 1. The lowest BCUT2D eigenvalue weighted by atomic mass is 9.70. The molecule has 0 spiro atoms. The number of hydrogen-bond acceptors (Lipinski definition) is 6. The molecule has 0 bridgehead atoms. The summed E-state index contributed by atoms with van der Waals surface area (Å²) in [5.41, 5.74) is 1.00. The molecule has 0 radical (unpaired) electrons. The SMILES string of the molecule is C/C(=C\c1csc(C)n1)[C@@H]1C/C=C\CCC[C@H](C)[C@H](C)[C@@H](C)C(=O)C(C)(C)[C@@H](O[Si](C)(C)C(C)(C)C)CC(=O)O1. The van der Waals surface area contributed by atoms with Crippen molar-refractivity contribution in [2.45, 2.75) is 132 Å². The van der Waals surface area contributed by atoms with Gasteiger partial charge in [-0.3, -0.25) is 9.59 Å². The maximum Gasteiger partial charge on any atom is 0.309 e. The minimum atomic E-state index is -2.29. The van der Waals surface area contributed by atoms with Crippen molar-refractivity contribution in [3.8, 4) is 0 Å². The highest BCUT2D eigenvalue weighted by Crippen LogP contribution is 2.42. The topological polar surface area (TPSA) is 65.5 Å². The quantitative estimate of drug-likeness (QED) is 0.199. The predicted octanol–water partition coefficient (Wildman–Crippen LogP) is 9.18. The number of esters is 1. The highest BCUT2D eigenvalue weighted by atomic mass is 32.1. The fourth-order valence-electron chi connectivity index (χ4n) is 5.07. The minimum absolute atomic E-state index is 0.0468. The van der Waals surface area contributed by atoms with Crippen LogP contribution >= 0.6 is 11.3 Å². The molecule has 1 aliphatic heterocycles. The number of nitrogens with zero attached hydrogens (tertiary/aromatic N) is 1. The van der Waals surface area contributed by atoms with Crippen LogP contribution < -0.4 is 0 Å². The first-order chi connectivity index (χ1) is 18.4. The van der Waals surface area contributed by atoms with Gasteiger partial charge in [-0.1, -0.05) is 74.0 Å². The van der Waals surface area contributed by atoms with Gasteiger partial charge in [-0.2, -0.15) is 0 Å². The summed E-state index contributed by atoms with van der Waals surface area (Å²) < 4.78 is 13.0. The Morgan fingerprint density at radius 1 is 1.18 bits per heavy atom. The molecule has 40 heavy (non-hydrogen) atoms. The monoisotopic (exact) mass is 589 g/mol. The van der Waals surface area contributed by atoms with Crippen LogP contribution in [0.5, 0.6) is 0 Å².